The van der Waals surface area contributed by atoms with E-state index in [0.717, 1.165) is 12.8 Å². The highest BCUT2D eigenvalue weighted by Gasteiger charge is 2.53. The molecular formula is C60H56. The second-order valence-electron chi connectivity index (χ2n) is 16.6. The van der Waals surface area contributed by atoms with Crippen LogP contribution in [0.15, 0.2) is 182 Å². The zero-order chi connectivity index (χ0) is 41.4. The minimum Gasteiger partial charge on any atom is -0.0656 e. The molecule has 0 unspecified atom stereocenters. The molecule has 0 aromatic heterocycles. The summed E-state index contributed by atoms with van der Waals surface area (Å²) in [6, 6.07) is 67.7. The molecule has 0 fully saturated rings. The summed E-state index contributed by atoms with van der Waals surface area (Å²) in [5, 5.41) is 0. The van der Waals surface area contributed by atoms with Crippen LogP contribution in [0.3, 0.4) is 0 Å². The quantitative estimate of drug-likeness (QED) is 0.164. The molecule has 296 valence electrons. The Hall–Kier alpha value is -6.24. The molecule has 0 saturated heterocycles. The number of fused-ring (bicyclic) bond motifs is 20. The lowest BCUT2D eigenvalue weighted by atomic mass is 9.69. The van der Waals surface area contributed by atoms with Gasteiger partial charge in [-0.25, -0.2) is 0 Å². The highest BCUT2D eigenvalue weighted by Crippen LogP contribution is 2.64. The van der Waals surface area contributed by atoms with E-state index in [9.17, 15) is 0 Å². The molecule has 60 heavy (non-hydrogen) atoms. The van der Waals surface area contributed by atoms with Crippen molar-refractivity contribution in [1.29, 1.82) is 0 Å². The Kier molecular flexibility index (Phi) is 10.5. The molecule has 4 aliphatic carbocycles. The van der Waals surface area contributed by atoms with Gasteiger partial charge in [-0.15, -0.1) is 0 Å². The summed E-state index contributed by atoms with van der Waals surface area (Å²) in [4.78, 5) is 0. The molecule has 0 heterocycles. The van der Waals surface area contributed by atoms with Crippen LogP contribution in [-0.2, 0) is 23.7 Å². The van der Waals surface area contributed by atoms with Gasteiger partial charge in [0.15, 0.2) is 0 Å². The molecular weight excluding hydrogens is 721 g/mol. The first-order valence-electron chi connectivity index (χ1n) is 22.4. The first kappa shape index (κ1) is 39.2. The number of rotatable bonds is 2. The van der Waals surface area contributed by atoms with Crippen LogP contribution in [0.2, 0.25) is 0 Å². The molecule has 0 radical (unpaired) electrons. The number of hydrogen-bond acceptors (Lipinski definition) is 0. The van der Waals surface area contributed by atoms with Gasteiger partial charge in [0.25, 0.3) is 0 Å². The predicted molar refractivity (Wildman–Crippen MR) is 256 cm³/mol. The highest BCUT2D eigenvalue weighted by atomic mass is 14.5. The molecule has 0 saturated carbocycles. The fraction of sp³-hybridized carbons (Fsp3) is 0.200. The van der Waals surface area contributed by atoms with Gasteiger partial charge in [0.05, 0.1) is 10.8 Å². The molecule has 0 atom stereocenters. The van der Waals surface area contributed by atoms with Gasteiger partial charge in [0.1, 0.15) is 0 Å². The van der Waals surface area contributed by atoms with Crippen LogP contribution in [0, 0.1) is 0 Å². The Labute approximate surface area is 358 Å². The van der Waals surface area contributed by atoms with Crippen molar-refractivity contribution in [2.24, 2.45) is 0 Å². The van der Waals surface area contributed by atoms with Crippen molar-refractivity contribution >= 4 is 0 Å². The van der Waals surface area contributed by atoms with Crippen molar-refractivity contribution in [3.05, 3.63) is 238 Å². The lowest BCUT2D eigenvalue weighted by Crippen LogP contribution is -2.27. The molecule has 0 bridgehead atoms. The lowest BCUT2D eigenvalue weighted by Gasteiger charge is -2.32. The van der Waals surface area contributed by atoms with Gasteiger partial charge in [-0.05, 0) is 113 Å². The standard InChI is InChI=1S/2C27H20.2C3H8/c1-2-18-10-9-14-22-21-13-5-8-17-25(21)27(26(18)22)23-15-6-3-11-19(23)20-12-4-7-16-24(20)27;1-2-18-10-9-17-25-26(18)21-13-5-8-16-24(21)27(25)22-14-6-3-11-19(22)20-12-4-7-15-23(20)27;2*1-3-2/h2*3-17H,2H2,1H3;2*3H2,1-2H3. The van der Waals surface area contributed by atoms with Crippen LogP contribution in [0.1, 0.15) is 110 Å². The van der Waals surface area contributed by atoms with Gasteiger partial charge in [-0.3, -0.25) is 0 Å². The van der Waals surface area contributed by atoms with Crippen molar-refractivity contribution < 1.29 is 0 Å². The zero-order valence-electron chi connectivity index (χ0n) is 36.1. The summed E-state index contributed by atoms with van der Waals surface area (Å²) in [6.07, 6.45) is 4.60. The molecule has 2 spiro atoms. The summed E-state index contributed by atoms with van der Waals surface area (Å²) in [5.41, 5.74) is 25.1. The fourth-order valence-corrected chi connectivity index (χ4v) is 11.1. The van der Waals surface area contributed by atoms with Crippen LogP contribution in [0.25, 0.3) is 44.5 Å². The molecule has 12 rings (SSSR count). The summed E-state index contributed by atoms with van der Waals surface area (Å²) < 4.78 is 0. The minimum absolute atomic E-state index is 0.189. The van der Waals surface area contributed by atoms with Gasteiger partial charge in [0.2, 0.25) is 0 Å². The van der Waals surface area contributed by atoms with E-state index in [1.54, 1.807) is 0 Å². The summed E-state index contributed by atoms with van der Waals surface area (Å²) in [5.74, 6) is 0. The van der Waals surface area contributed by atoms with Crippen LogP contribution < -0.4 is 0 Å². The second kappa shape index (κ2) is 16.1. The van der Waals surface area contributed by atoms with Gasteiger partial charge in [-0.2, -0.15) is 0 Å². The number of aryl methyl sites for hydroxylation is 2. The Balaban J connectivity index is 0.000000137. The van der Waals surface area contributed by atoms with Crippen LogP contribution in [0.5, 0.6) is 0 Å². The monoisotopic (exact) mass is 776 g/mol. The molecule has 0 heteroatoms. The molecule has 0 nitrogen and oxygen atoms in total. The zero-order valence-corrected chi connectivity index (χ0v) is 36.1. The largest absolute Gasteiger partial charge is 0.0728 e. The second-order valence-corrected chi connectivity index (χ2v) is 16.6. The maximum absolute atomic E-state index is 2.35. The van der Waals surface area contributed by atoms with E-state index in [-0.39, 0.29) is 10.8 Å². The van der Waals surface area contributed by atoms with E-state index < -0.39 is 0 Å². The third-order valence-electron chi connectivity index (χ3n) is 13.0. The van der Waals surface area contributed by atoms with Gasteiger partial charge < -0.3 is 0 Å². The van der Waals surface area contributed by atoms with E-state index in [2.05, 4.69) is 224 Å². The van der Waals surface area contributed by atoms with Crippen LogP contribution in [-0.4, -0.2) is 0 Å². The molecule has 0 amide bonds. The Morgan fingerprint density at radius 1 is 0.267 bits per heavy atom. The van der Waals surface area contributed by atoms with E-state index in [4.69, 9.17) is 0 Å². The smallest absolute Gasteiger partial charge is 0.0656 e. The average molecular weight is 777 g/mol. The maximum Gasteiger partial charge on any atom is 0.0728 e. The third-order valence-corrected chi connectivity index (χ3v) is 13.0. The van der Waals surface area contributed by atoms with Gasteiger partial charge in [-0.1, -0.05) is 236 Å². The normalized spacial score (nSPS) is 13.7. The average Bonchev–Trinajstić information content (AvgIpc) is 3.99. The highest BCUT2D eigenvalue weighted by molar-refractivity contribution is 5.97. The fourth-order valence-electron chi connectivity index (χ4n) is 11.1. The Bertz CT molecular complexity index is 2740. The molecule has 4 aliphatic rings. The molecule has 8 aromatic carbocycles. The Morgan fingerprint density at radius 3 is 0.967 bits per heavy atom. The van der Waals surface area contributed by atoms with Crippen molar-refractivity contribution in [2.45, 2.75) is 78.1 Å². The van der Waals surface area contributed by atoms with Crippen molar-refractivity contribution in [3.8, 4) is 44.5 Å². The summed E-state index contributed by atoms with van der Waals surface area (Å²) >= 11 is 0. The lowest BCUT2D eigenvalue weighted by molar-refractivity contribution is 0.779. The third kappa shape index (κ3) is 5.50. The first-order valence-corrected chi connectivity index (χ1v) is 22.4. The first-order chi connectivity index (χ1) is 29.6. The van der Waals surface area contributed by atoms with Crippen LogP contribution in [0.4, 0.5) is 0 Å². The maximum atomic E-state index is 2.35. The van der Waals surface area contributed by atoms with E-state index >= 15 is 0 Å². The summed E-state index contributed by atoms with van der Waals surface area (Å²) in [7, 11) is 0. The van der Waals surface area contributed by atoms with E-state index in [0.29, 0.717) is 0 Å². The van der Waals surface area contributed by atoms with Gasteiger partial charge >= 0.3 is 0 Å². The Morgan fingerprint density at radius 2 is 0.550 bits per heavy atom. The molecule has 0 aliphatic heterocycles. The number of benzene rings is 8. The predicted octanol–water partition coefficient (Wildman–Crippen LogP) is 16.0. The SMILES string of the molecule is CCC.CCC.CCc1cccc2c1-c1ccccc1C21c2ccccc2-c2ccccc21.CCc1cccc2c1C1(c3ccccc3-c3ccccc31)c1ccccc1-2. The summed E-state index contributed by atoms with van der Waals surface area (Å²) in [6.45, 7) is 13.0. The number of hydrogen-bond donors (Lipinski definition) is 0. The van der Waals surface area contributed by atoms with Crippen molar-refractivity contribution in [3.63, 3.8) is 0 Å². The van der Waals surface area contributed by atoms with Crippen molar-refractivity contribution in [1.82, 2.24) is 0 Å². The van der Waals surface area contributed by atoms with Gasteiger partial charge in [0, 0.05) is 0 Å². The molecule has 0 N–H and O–H groups in total. The van der Waals surface area contributed by atoms with E-state index in [1.165, 1.54) is 113 Å². The topological polar surface area (TPSA) is 0 Å². The van der Waals surface area contributed by atoms with Crippen molar-refractivity contribution in [2.75, 3.05) is 0 Å². The minimum atomic E-state index is -0.190. The van der Waals surface area contributed by atoms with Crippen LogP contribution >= 0.6 is 0 Å². The molecule has 8 aromatic rings. The van der Waals surface area contributed by atoms with E-state index in [1.807, 2.05) is 0 Å².